The molecule has 2 aromatic carbocycles. The molecule has 0 aliphatic rings. The average molecular weight is 216 g/mol. The van der Waals surface area contributed by atoms with E-state index in [2.05, 4.69) is 24.3 Å². The SMILES string of the molecule is NP(N)c1ccc(-c2ccccc2)cc1. The van der Waals surface area contributed by atoms with Crippen molar-refractivity contribution in [3.05, 3.63) is 54.6 Å². The highest BCUT2D eigenvalue weighted by atomic mass is 31.1. The summed E-state index contributed by atoms with van der Waals surface area (Å²) in [6.07, 6.45) is 0. The Balaban J connectivity index is 2.32. The van der Waals surface area contributed by atoms with Gasteiger partial charge in [-0.15, -0.1) is 0 Å². The lowest BCUT2D eigenvalue weighted by Crippen LogP contribution is -2.12. The van der Waals surface area contributed by atoms with Crippen molar-refractivity contribution in [1.82, 2.24) is 0 Å². The molecule has 2 rings (SSSR count). The quantitative estimate of drug-likeness (QED) is 0.756. The molecule has 0 bridgehead atoms. The van der Waals surface area contributed by atoms with Gasteiger partial charge < -0.3 is 0 Å². The molecule has 15 heavy (non-hydrogen) atoms. The second-order valence-electron chi connectivity index (χ2n) is 3.32. The average Bonchev–Trinajstić information content (AvgIpc) is 2.30. The Morgan fingerprint density at radius 3 is 1.73 bits per heavy atom. The van der Waals surface area contributed by atoms with Gasteiger partial charge in [-0.1, -0.05) is 54.6 Å². The monoisotopic (exact) mass is 216 g/mol. The second kappa shape index (κ2) is 4.54. The smallest absolute Gasteiger partial charge is 0.0611 e. The van der Waals surface area contributed by atoms with E-state index in [1.54, 1.807) is 0 Å². The third kappa shape index (κ3) is 2.42. The summed E-state index contributed by atoms with van der Waals surface area (Å²) in [6.45, 7) is 0. The Bertz CT molecular complexity index is 423. The van der Waals surface area contributed by atoms with Gasteiger partial charge >= 0.3 is 0 Å². The predicted molar refractivity (Wildman–Crippen MR) is 66.8 cm³/mol. The lowest BCUT2D eigenvalue weighted by Gasteiger charge is -2.06. The fourth-order valence-corrected chi connectivity index (χ4v) is 1.95. The molecular weight excluding hydrogens is 203 g/mol. The molecule has 0 saturated carbocycles. The van der Waals surface area contributed by atoms with E-state index in [0.717, 1.165) is 5.30 Å². The first kappa shape index (κ1) is 10.3. The molecular formula is C12H13N2P. The Morgan fingerprint density at radius 2 is 1.20 bits per heavy atom. The lowest BCUT2D eigenvalue weighted by molar-refractivity contribution is 1.63. The number of hydrogen-bond acceptors (Lipinski definition) is 2. The van der Waals surface area contributed by atoms with Crippen LogP contribution in [0, 0.1) is 0 Å². The normalized spacial score (nSPS) is 10.6. The van der Waals surface area contributed by atoms with Crippen molar-refractivity contribution in [2.45, 2.75) is 0 Å². The van der Waals surface area contributed by atoms with Crippen molar-refractivity contribution in [1.29, 1.82) is 0 Å². The van der Waals surface area contributed by atoms with E-state index in [0.29, 0.717) is 0 Å². The molecule has 2 aromatic rings. The van der Waals surface area contributed by atoms with Crippen LogP contribution in [0.1, 0.15) is 0 Å². The molecule has 0 fully saturated rings. The summed E-state index contributed by atoms with van der Waals surface area (Å²) in [6, 6.07) is 18.3. The maximum atomic E-state index is 5.65. The van der Waals surface area contributed by atoms with Crippen molar-refractivity contribution in [3.8, 4) is 11.1 Å². The largest absolute Gasteiger partial charge is 0.294 e. The van der Waals surface area contributed by atoms with Gasteiger partial charge in [-0.2, -0.15) is 0 Å². The van der Waals surface area contributed by atoms with Crippen molar-refractivity contribution >= 4 is 13.5 Å². The van der Waals surface area contributed by atoms with Crippen LogP contribution in [0.3, 0.4) is 0 Å². The van der Waals surface area contributed by atoms with Crippen molar-refractivity contribution in [2.75, 3.05) is 0 Å². The van der Waals surface area contributed by atoms with Crippen LogP contribution < -0.4 is 16.3 Å². The highest BCUT2D eigenvalue weighted by Gasteiger charge is 2.00. The number of hydrogen-bond donors (Lipinski definition) is 2. The van der Waals surface area contributed by atoms with Crippen LogP contribution in [-0.2, 0) is 0 Å². The predicted octanol–water partition coefficient (Wildman–Crippen LogP) is 2.21. The molecule has 0 aliphatic heterocycles. The molecule has 0 aromatic heterocycles. The van der Waals surface area contributed by atoms with Crippen LogP contribution in [-0.4, -0.2) is 0 Å². The lowest BCUT2D eigenvalue weighted by atomic mass is 10.1. The van der Waals surface area contributed by atoms with Gasteiger partial charge in [-0.25, -0.2) is 0 Å². The van der Waals surface area contributed by atoms with Gasteiger partial charge in [-0.3, -0.25) is 11.0 Å². The highest BCUT2D eigenvalue weighted by Crippen LogP contribution is 2.20. The van der Waals surface area contributed by atoms with Gasteiger partial charge in [0.1, 0.15) is 0 Å². The van der Waals surface area contributed by atoms with Crippen LogP contribution in [0.5, 0.6) is 0 Å². The maximum absolute atomic E-state index is 5.65. The first-order chi connectivity index (χ1) is 7.27. The van der Waals surface area contributed by atoms with E-state index in [4.69, 9.17) is 11.0 Å². The van der Waals surface area contributed by atoms with Gasteiger partial charge in [0, 0.05) is 5.30 Å². The Hall–Kier alpha value is -1.21. The first-order valence-corrected chi connectivity index (χ1v) is 6.20. The van der Waals surface area contributed by atoms with Crippen LogP contribution in [0.4, 0.5) is 0 Å². The molecule has 0 saturated heterocycles. The van der Waals surface area contributed by atoms with Gasteiger partial charge in [-0.05, 0) is 11.1 Å². The summed E-state index contributed by atoms with van der Waals surface area (Å²) < 4.78 is 0. The number of benzene rings is 2. The van der Waals surface area contributed by atoms with Crippen LogP contribution >= 0.6 is 8.22 Å². The molecule has 0 amide bonds. The van der Waals surface area contributed by atoms with E-state index in [1.807, 2.05) is 30.3 Å². The van der Waals surface area contributed by atoms with Gasteiger partial charge in [0.2, 0.25) is 0 Å². The zero-order valence-corrected chi connectivity index (χ0v) is 9.19. The molecule has 4 N–H and O–H groups in total. The van der Waals surface area contributed by atoms with Crippen molar-refractivity contribution < 1.29 is 0 Å². The number of nitrogens with two attached hydrogens (primary N) is 2. The summed E-state index contributed by atoms with van der Waals surface area (Å²) in [5, 5.41) is 1.02. The van der Waals surface area contributed by atoms with Crippen molar-refractivity contribution in [2.24, 2.45) is 11.0 Å². The van der Waals surface area contributed by atoms with Gasteiger partial charge in [0.15, 0.2) is 0 Å². The van der Waals surface area contributed by atoms with Gasteiger partial charge in [0.25, 0.3) is 0 Å². The topological polar surface area (TPSA) is 52.0 Å². The summed E-state index contributed by atoms with van der Waals surface area (Å²) in [7, 11) is -0.977. The minimum atomic E-state index is -0.977. The molecule has 0 atom stereocenters. The molecule has 0 heterocycles. The van der Waals surface area contributed by atoms with Crippen LogP contribution in [0.25, 0.3) is 11.1 Å². The number of rotatable bonds is 2. The fraction of sp³-hybridized carbons (Fsp3) is 0. The summed E-state index contributed by atoms with van der Waals surface area (Å²) in [5.74, 6) is 0. The molecule has 0 unspecified atom stereocenters. The van der Waals surface area contributed by atoms with E-state index in [9.17, 15) is 0 Å². The standard InChI is InChI=1S/C12H13N2P/c13-15(14)12-8-6-11(7-9-12)10-4-2-1-3-5-10/h1-9H,13-14H2. The Labute approximate surface area is 90.8 Å². The first-order valence-electron chi connectivity index (χ1n) is 4.72. The van der Waals surface area contributed by atoms with Crippen LogP contribution in [0.2, 0.25) is 0 Å². The molecule has 0 aliphatic carbocycles. The molecule has 76 valence electrons. The highest BCUT2D eigenvalue weighted by molar-refractivity contribution is 7.60. The molecule has 2 nitrogen and oxygen atoms in total. The van der Waals surface area contributed by atoms with E-state index in [1.165, 1.54) is 11.1 Å². The van der Waals surface area contributed by atoms with E-state index >= 15 is 0 Å². The zero-order valence-electron chi connectivity index (χ0n) is 8.30. The zero-order chi connectivity index (χ0) is 10.7. The minimum Gasteiger partial charge on any atom is -0.294 e. The Kier molecular flexibility index (Phi) is 3.12. The summed E-state index contributed by atoms with van der Waals surface area (Å²) >= 11 is 0. The maximum Gasteiger partial charge on any atom is 0.0611 e. The fourth-order valence-electron chi connectivity index (χ4n) is 1.46. The Morgan fingerprint density at radius 1 is 0.667 bits per heavy atom. The summed E-state index contributed by atoms with van der Waals surface area (Å²) in [5.41, 5.74) is 13.7. The van der Waals surface area contributed by atoms with Crippen molar-refractivity contribution in [3.63, 3.8) is 0 Å². The molecule has 0 spiro atoms. The minimum absolute atomic E-state index is 0.977. The van der Waals surface area contributed by atoms with E-state index in [-0.39, 0.29) is 0 Å². The van der Waals surface area contributed by atoms with E-state index < -0.39 is 8.22 Å². The molecule has 3 heteroatoms. The van der Waals surface area contributed by atoms with Gasteiger partial charge in [0.05, 0.1) is 8.22 Å². The second-order valence-corrected chi connectivity index (χ2v) is 4.65. The third-order valence-corrected chi connectivity index (χ3v) is 3.17. The van der Waals surface area contributed by atoms with Crippen LogP contribution in [0.15, 0.2) is 54.6 Å². The summed E-state index contributed by atoms with van der Waals surface area (Å²) in [4.78, 5) is 0. The third-order valence-electron chi connectivity index (χ3n) is 2.27. The molecule has 0 radical (unpaired) electrons.